The van der Waals surface area contributed by atoms with Crippen molar-refractivity contribution in [3.8, 4) is 5.75 Å². The molecule has 2 rings (SSSR count). The van der Waals surface area contributed by atoms with E-state index in [1.165, 1.54) is 18.7 Å². The quantitative estimate of drug-likeness (QED) is 0.756. The number of benzene rings is 2. The Hall–Kier alpha value is -2.36. The van der Waals surface area contributed by atoms with Gasteiger partial charge in [0, 0.05) is 5.56 Å². The van der Waals surface area contributed by atoms with Crippen molar-refractivity contribution in [2.24, 2.45) is 0 Å². The van der Waals surface area contributed by atoms with Crippen LogP contribution >= 0.6 is 0 Å². The van der Waals surface area contributed by atoms with E-state index in [0.717, 1.165) is 17.7 Å². The minimum Gasteiger partial charge on any atom is -0.489 e. The third-order valence-corrected chi connectivity index (χ3v) is 3.80. The predicted molar refractivity (Wildman–Crippen MR) is 87.0 cm³/mol. The topological polar surface area (TPSA) is 35.5 Å². The van der Waals surface area contributed by atoms with Gasteiger partial charge in [0.1, 0.15) is 18.2 Å². The number of carbonyl (C=O) groups excluding carboxylic acids is 1. The minimum atomic E-state index is -0.402. The summed E-state index contributed by atoms with van der Waals surface area (Å²) in [6.07, 6.45) is 0.985. The van der Waals surface area contributed by atoms with Gasteiger partial charge in [-0.25, -0.2) is 4.39 Å². The van der Waals surface area contributed by atoms with E-state index in [4.69, 9.17) is 4.74 Å². The molecule has 0 heterocycles. The maximum Gasteiger partial charge on any atom is 0.309 e. The molecule has 0 aliphatic carbocycles. The predicted octanol–water partition coefficient (Wildman–Crippen LogP) is 3.99. The van der Waals surface area contributed by atoms with Crippen LogP contribution in [0.2, 0.25) is 0 Å². The van der Waals surface area contributed by atoms with Crippen LogP contribution in [0.4, 0.5) is 4.39 Å². The van der Waals surface area contributed by atoms with Crippen LogP contribution in [0.3, 0.4) is 0 Å². The van der Waals surface area contributed by atoms with Crippen LogP contribution in [0.5, 0.6) is 5.75 Å². The van der Waals surface area contributed by atoms with E-state index < -0.39 is 5.97 Å². The molecular weight excluding hydrogens is 295 g/mol. The summed E-state index contributed by atoms with van der Waals surface area (Å²) in [4.78, 5) is 11.5. The lowest BCUT2D eigenvalue weighted by Gasteiger charge is -2.13. The van der Waals surface area contributed by atoms with Crippen molar-refractivity contribution in [1.82, 2.24) is 0 Å². The molecular formula is C19H21FO3. The Labute approximate surface area is 136 Å². The second kappa shape index (κ2) is 7.77. The fourth-order valence-electron chi connectivity index (χ4n) is 2.40. The van der Waals surface area contributed by atoms with Gasteiger partial charge in [-0.1, -0.05) is 31.2 Å². The van der Waals surface area contributed by atoms with E-state index in [0.29, 0.717) is 11.1 Å². The first-order chi connectivity index (χ1) is 11.0. The lowest BCUT2D eigenvalue weighted by Crippen LogP contribution is -2.10. The summed E-state index contributed by atoms with van der Waals surface area (Å²) in [6.45, 7) is 4.13. The lowest BCUT2D eigenvalue weighted by molar-refractivity contribution is -0.139. The molecule has 0 saturated heterocycles. The first-order valence-electron chi connectivity index (χ1n) is 7.60. The fraction of sp³-hybridized carbons (Fsp3) is 0.316. The van der Waals surface area contributed by atoms with Crippen LogP contribution in [0.15, 0.2) is 36.4 Å². The molecule has 23 heavy (non-hydrogen) atoms. The molecule has 0 N–H and O–H groups in total. The number of rotatable bonds is 6. The van der Waals surface area contributed by atoms with Gasteiger partial charge in [0.2, 0.25) is 0 Å². The molecule has 0 spiro atoms. The smallest absolute Gasteiger partial charge is 0.309 e. The molecule has 0 unspecified atom stereocenters. The van der Waals surface area contributed by atoms with E-state index in [9.17, 15) is 9.18 Å². The molecule has 4 heteroatoms. The highest BCUT2D eigenvalue weighted by Crippen LogP contribution is 2.23. The first kappa shape index (κ1) is 17.0. The third kappa shape index (κ3) is 4.31. The molecule has 2 aromatic carbocycles. The molecule has 0 fully saturated rings. The van der Waals surface area contributed by atoms with Crippen molar-refractivity contribution in [1.29, 1.82) is 0 Å². The number of carbonyl (C=O) groups is 1. The van der Waals surface area contributed by atoms with Gasteiger partial charge in [-0.2, -0.15) is 0 Å². The van der Waals surface area contributed by atoms with Crippen molar-refractivity contribution in [2.75, 3.05) is 7.11 Å². The average Bonchev–Trinajstić information content (AvgIpc) is 2.55. The number of halogens is 1. The molecule has 0 aromatic heterocycles. The SMILES string of the molecule is CCc1ccc(OCc2c(F)cccc2CC(=O)OC)c(C)c1. The van der Waals surface area contributed by atoms with Gasteiger partial charge >= 0.3 is 5.97 Å². The maximum atomic E-state index is 14.1. The van der Waals surface area contributed by atoms with Gasteiger partial charge in [0.05, 0.1) is 13.5 Å². The molecule has 0 aliphatic heterocycles. The standard InChI is InChI=1S/C19H21FO3/c1-4-14-8-9-18(13(2)10-14)23-12-16-15(11-19(21)22-3)6-5-7-17(16)20/h5-10H,4,11-12H2,1-3H3. The maximum absolute atomic E-state index is 14.1. The normalized spacial score (nSPS) is 10.4. The summed E-state index contributed by atoms with van der Waals surface area (Å²) in [5.41, 5.74) is 3.21. The fourth-order valence-corrected chi connectivity index (χ4v) is 2.40. The van der Waals surface area contributed by atoms with Crippen molar-refractivity contribution in [3.63, 3.8) is 0 Å². The number of hydrogen-bond acceptors (Lipinski definition) is 3. The largest absolute Gasteiger partial charge is 0.489 e. The zero-order chi connectivity index (χ0) is 16.8. The number of ether oxygens (including phenoxy) is 2. The molecule has 0 saturated carbocycles. The Morgan fingerprint density at radius 1 is 1.22 bits per heavy atom. The first-order valence-corrected chi connectivity index (χ1v) is 7.60. The van der Waals surface area contributed by atoms with Crippen LogP contribution < -0.4 is 4.74 Å². The number of esters is 1. The van der Waals surface area contributed by atoms with Crippen molar-refractivity contribution in [2.45, 2.75) is 33.3 Å². The van der Waals surface area contributed by atoms with E-state index >= 15 is 0 Å². The molecule has 122 valence electrons. The van der Waals surface area contributed by atoms with Gasteiger partial charge < -0.3 is 9.47 Å². The number of hydrogen-bond donors (Lipinski definition) is 0. The Morgan fingerprint density at radius 3 is 2.65 bits per heavy atom. The average molecular weight is 316 g/mol. The third-order valence-electron chi connectivity index (χ3n) is 3.80. The van der Waals surface area contributed by atoms with Crippen LogP contribution in [-0.4, -0.2) is 13.1 Å². The van der Waals surface area contributed by atoms with Crippen LogP contribution in [0, 0.1) is 12.7 Å². The van der Waals surface area contributed by atoms with Gasteiger partial charge in [-0.05, 0) is 42.2 Å². The number of methoxy groups -OCH3 is 1. The van der Waals surface area contributed by atoms with Crippen LogP contribution in [0.25, 0.3) is 0 Å². The monoisotopic (exact) mass is 316 g/mol. The summed E-state index contributed by atoms with van der Waals surface area (Å²) in [5, 5.41) is 0. The van der Waals surface area contributed by atoms with E-state index in [1.807, 2.05) is 19.1 Å². The molecule has 0 bridgehead atoms. The highest BCUT2D eigenvalue weighted by atomic mass is 19.1. The summed E-state index contributed by atoms with van der Waals surface area (Å²) in [6, 6.07) is 10.6. The Kier molecular flexibility index (Phi) is 5.74. The van der Waals surface area contributed by atoms with E-state index in [-0.39, 0.29) is 18.8 Å². The van der Waals surface area contributed by atoms with Crippen LogP contribution in [0.1, 0.15) is 29.2 Å². The molecule has 0 aliphatic rings. The van der Waals surface area contributed by atoms with Gasteiger partial charge in [-0.3, -0.25) is 4.79 Å². The highest BCUT2D eigenvalue weighted by molar-refractivity contribution is 5.72. The Bertz CT molecular complexity index is 695. The van der Waals surface area contributed by atoms with Crippen LogP contribution in [-0.2, 0) is 29.0 Å². The van der Waals surface area contributed by atoms with Crippen molar-refractivity contribution in [3.05, 3.63) is 64.5 Å². The second-order valence-electron chi connectivity index (χ2n) is 5.37. The van der Waals surface area contributed by atoms with Crippen molar-refractivity contribution >= 4 is 5.97 Å². The molecule has 0 atom stereocenters. The molecule has 0 amide bonds. The van der Waals surface area contributed by atoms with Crippen molar-refractivity contribution < 1.29 is 18.7 Å². The second-order valence-corrected chi connectivity index (χ2v) is 5.37. The zero-order valence-corrected chi connectivity index (χ0v) is 13.7. The van der Waals surface area contributed by atoms with E-state index in [2.05, 4.69) is 17.7 Å². The molecule has 0 radical (unpaired) electrons. The lowest BCUT2D eigenvalue weighted by atomic mass is 10.0. The zero-order valence-electron chi connectivity index (χ0n) is 13.7. The Balaban J connectivity index is 2.18. The highest BCUT2D eigenvalue weighted by Gasteiger charge is 2.13. The summed E-state index contributed by atoms with van der Waals surface area (Å²) in [7, 11) is 1.32. The number of aryl methyl sites for hydroxylation is 2. The summed E-state index contributed by atoms with van der Waals surface area (Å²) >= 11 is 0. The Morgan fingerprint density at radius 2 is 2.00 bits per heavy atom. The van der Waals surface area contributed by atoms with Gasteiger partial charge in [0.15, 0.2) is 0 Å². The molecule has 3 nitrogen and oxygen atoms in total. The summed E-state index contributed by atoms with van der Waals surface area (Å²) < 4.78 is 24.5. The van der Waals surface area contributed by atoms with Gasteiger partial charge in [-0.15, -0.1) is 0 Å². The van der Waals surface area contributed by atoms with E-state index in [1.54, 1.807) is 12.1 Å². The minimum absolute atomic E-state index is 0.0285. The van der Waals surface area contributed by atoms with Gasteiger partial charge in [0.25, 0.3) is 0 Å². The summed E-state index contributed by atoms with van der Waals surface area (Å²) in [5.74, 6) is -0.0657. The molecule has 2 aromatic rings.